The number of hydrogen-bond acceptors (Lipinski definition) is 3. The first-order valence-electron chi connectivity index (χ1n) is 8.84. The van der Waals surface area contributed by atoms with Gasteiger partial charge in [0, 0.05) is 41.4 Å². The highest BCUT2D eigenvalue weighted by molar-refractivity contribution is 14.0. The lowest BCUT2D eigenvalue weighted by atomic mass is 10.1. The smallest absolute Gasteiger partial charge is 0.251 e. The van der Waals surface area contributed by atoms with Gasteiger partial charge in [-0.15, -0.1) is 35.7 Å². The van der Waals surface area contributed by atoms with Crippen molar-refractivity contribution in [1.29, 1.82) is 0 Å². The van der Waals surface area contributed by atoms with Crippen molar-refractivity contribution in [2.45, 2.75) is 18.4 Å². The van der Waals surface area contributed by atoms with Gasteiger partial charge in [0.15, 0.2) is 5.96 Å². The van der Waals surface area contributed by atoms with Crippen LogP contribution in [0.3, 0.4) is 0 Å². The molecule has 0 saturated carbocycles. The third-order valence-corrected chi connectivity index (χ3v) is 4.92. The summed E-state index contributed by atoms with van der Waals surface area (Å²) >= 11 is 7.67. The van der Waals surface area contributed by atoms with Gasteiger partial charge in [0.1, 0.15) is 0 Å². The van der Waals surface area contributed by atoms with Crippen LogP contribution in [0.5, 0.6) is 0 Å². The predicted octanol–water partition coefficient (Wildman–Crippen LogP) is 4.17. The van der Waals surface area contributed by atoms with Gasteiger partial charge >= 0.3 is 0 Å². The van der Waals surface area contributed by atoms with Gasteiger partial charge in [-0.25, -0.2) is 4.99 Å². The molecule has 2 aromatic rings. The molecular weight excluding hydrogens is 507 g/mol. The highest BCUT2D eigenvalue weighted by atomic mass is 127. The number of aliphatic imine (C=N–C) groups is 1. The maximum absolute atomic E-state index is 11.7. The van der Waals surface area contributed by atoms with E-state index >= 15 is 0 Å². The third-order valence-electron chi connectivity index (χ3n) is 3.66. The molecule has 0 atom stereocenters. The Morgan fingerprint density at radius 1 is 1.14 bits per heavy atom. The highest BCUT2D eigenvalue weighted by Crippen LogP contribution is 2.19. The number of halogens is 2. The van der Waals surface area contributed by atoms with Gasteiger partial charge in [-0.1, -0.05) is 23.7 Å². The molecule has 0 aliphatic carbocycles. The van der Waals surface area contributed by atoms with Gasteiger partial charge in [0.2, 0.25) is 0 Å². The normalized spacial score (nSPS) is 10.8. The van der Waals surface area contributed by atoms with Crippen molar-refractivity contribution < 1.29 is 4.79 Å². The predicted molar refractivity (Wildman–Crippen MR) is 130 cm³/mol. The molecule has 0 bridgehead atoms. The summed E-state index contributed by atoms with van der Waals surface area (Å²) in [5.41, 5.74) is 1.63. The molecule has 0 fully saturated rings. The molecule has 0 spiro atoms. The molecule has 0 heterocycles. The van der Waals surface area contributed by atoms with Crippen LogP contribution in [0.15, 0.2) is 58.4 Å². The Bertz CT molecular complexity index is 771. The Morgan fingerprint density at radius 3 is 2.57 bits per heavy atom. The van der Waals surface area contributed by atoms with Crippen LogP contribution in [-0.4, -0.2) is 37.8 Å². The lowest BCUT2D eigenvalue weighted by Gasteiger charge is -2.11. The Balaban J connectivity index is 0.00000392. The number of carbonyl (C=O) groups is 1. The molecule has 1 amide bonds. The van der Waals surface area contributed by atoms with Crippen LogP contribution >= 0.6 is 47.3 Å². The lowest BCUT2D eigenvalue weighted by molar-refractivity contribution is 0.0963. The zero-order chi connectivity index (χ0) is 19.5. The fourth-order valence-corrected chi connectivity index (χ4v) is 3.23. The average molecular weight is 533 g/mol. The number of nitrogens with zero attached hydrogens (tertiary/aromatic N) is 1. The fourth-order valence-electron chi connectivity index (χ4n) is 2.34. The van der Waals surface area contributed by atoms with Gasteiger partial charge in [0.25, 0.3) is 5.91 Å². The maximum atomic E-state index is 11.7. The zero-order valence-corrected chi connectivity index (χ0v) is 19.9. The monoisotopic (exact) mass is 532 g/mol. The summed E-state index contributed by atoms with van der Waals surface area (Å²) in [6.45, 7) is 4.11. The number of thioether (sulfide) groups is 1. The van der Waals surface area contributed by atoms with E-state index in [2.05, 4.69) is 20.9 Å². The number of amides is 1. The standard InChI is InChI=1S/C20H25ClN4OS.HI/c1-3-23-20(24-11-12-27-18-9-7-17(21)8-10-18)25-14-15-5-4-6-16(13-15)19(26)22-2;/h4-10,13H,3,11-12,14H2,1-2H3,(H,22,26)(H2,23,24,25);1H. The molecular formula is C20H26ClIN4OS. The minimum absolute atomic E-state index is 0. The van der Waals surface area contributed by atoms with Gasteiger partial charge in [0.05, 0.1) is 6.54 Å². The van der Waals surface area contributed by atoms with Gasteiger partial charge in [-0.05, 0) is 48.9 Å². The summed E-state index contributed by atoms with van der Waals surface area (Å²) < 4.78 is 0. The Hall–Kier alpha value is -1.45. The molecule has 3 N–H and O–H groups in total. The van der Waals surface area contributed by atoms with E-state index in [1.165, 1.54) is 4.90 Å². The number of hydrogen-bond donors (Lipinski definition) is 3. The topological polar surface area (TPSA) is 65.5 Å². The average Bonchev–Trinajstić information content (AvgIpc) is 2.70. The van der Waals surface area contributed by atoms with Crippen LogP contribution in [0.1, 0.15) is 22.8 Å². The van der Waals surface area contributed by atoms with Crippen molar-refractivity contribution in [3.05, 3.63) is 64.7 Å². The number of carbonyl (C=O) groups excluding carboxylic acids is 1. The summed E-state index contributed by atoms with van der Waals surface area (Å²) in [4.78, 5) is 17.5. The van der Waals surface area contributed by atoms with Crippen LogP contribution < -0.4 is 16.0 Å². The van der Waals surface area contributed by atoms with Crippen molar-refractivity contribution in [1.82, 2.24) is 16.0 Å². The van der Waals surface area contributed by atoms with E-state index < -0.39 is 0 Å². The molecule has 152 valence electrons. The van der Waals surface area contributed by atoms with E-state index in [0.717, 1.165) is 35.4 Å². The van der Waals surface area contributed by atoms with E-state index in [1.54, 1.807) is 24.9 Å². The largest absolute Gasteiger partial charge is 0.357 e. The van der Waals surface area contributed by atoms with Crippen molar-refractivity contribution in [3.63, 3.8) is 0 Å². The van der Waals surface area contributed by atoms with E-state index in [9.17, 15) is 4.79 Å². The SMILES string of the molecule is CCNC(=NCc1cccc(C(=O)NC)c1)NCCSc1ccc(Cl)cc1.I. The van der Waals surface area contributed by atoms with Gasteiger partial charge < -0.3 is 16.0 Å². The minimum Gasteiger partial charge on any atom is -0.357 e. The lowest BCUT2D eigenvalue weighted by Crippen LogP contribution is -2.38. The molecule has 5 nitrogen and oxygen atoms in total. The van der Waals surface area contributed by atoms with Crippen molar-refractivity contribution >= 4 is 59.2 Å². The first kappa shape index (κ1) is 24.6. The molecule has 0 aromatic heterocycles. The quantitative estimate of drug-likeness (QED) is 0.157. The van der Waals surface area contributed by atoms with E-state index in [1.807, 2.05) is 49.4 Å². The van der Waals surface area contributed by atoms with E-state index in [4.69, 9.17) is 11.6 Å². The van der Waals surface area contributed by atoms with Crippen molar-refractivity contribution in [2.24, 2.45) is 4.99 Å². The highest BCUT2D eigenvalue weighted by Gasteiger charge is 2.04. The molecule has 2 aromatic carbocycles. The Labute approximate surface area is 193 Å². The number of rotatable bonds is 8. The number of nitrogens with one attached hydrogen (secondary N) is 3. The fraction of sp³-hybridized carbons (Fsp3) is 0.300. The zero-order valence-electron chi connectivity index (χ0n) is 16.0. The second kappa shape index (κ2) is 13.7. The van der Waals surface area contributed by atoms with Gasteiger partial charge in [-0.3, -0.25) is 4.79 Å². The summed E-state index contributed by atoms with van der Waals surface area (Å²) in [6, 6.07) is 15.3. The van der Waals surface area contributed by atoms with Gasteiger partial charge in [-0.2, -0.15) is 0 Å². The van der Waals surface area contributed by atoms with Crippen LogP contribution in [0.4, 0.5) is 0 Å². The molecule has 8 heteroatoms. The molecule has 0 radical (unpaired) electrons. The molecule has 0 aliphatic rings. The minimum atomic E-state index is -0.0925. The second-order valence-electron chi connectivity index (χ2n) is 5.70. The first-order chi connectivity index (χ1) is 13.1. The molecule has 0 aliphatic heterocycles. The molecule has 0 unspecified atom stereocenters. The van der Waals surface area contributed by atoms with E-state index in [-0.39, 0.29) is 29.9 Å². The van der Waals surface area contributed by atoms with Crippen LogP contribution in [0, 0.1) is 0 Å². The van der Waals surface area contributed by atoms with E-state index in [0.29, 0.717) is 12.1 Å². The summed E-state index contributed by atoms with van der Waals surface area (Å²) in [5, 5.41) is 9.96. The summed E-state index contributed by atoms with van der Waals surface area (Å²) in [6.07, 6.45) is 0. The maximum Gasteiger partial charge on any atom is 0.251 e. The van der Waals surface area contributed by atoms with Crippen molar-refractivity contribution in [2.75, 3.05) is 25.9 Å². The number of benzene rings is 2. The molecule has 0 saturated heterocycles. The third kappa shape index (κ3) is 8.70. The van der Waals surface area contributed by atoms with Crippen LogP contribution in [0.25, 0.3) is 0 Å². The Kier molecular flexibility index (Phi) is 12.0. The number of guanidine groups is 1. The molecule has 28 heavy (non-hydrogen) atoms. The summed E-state index contributed by atoms with van der Waals surface area (Å²) in [7, 11) is 1.63. The van der Waals surface area contributed by atoms with Crippen molar-refractivity contribution in [3.8, 4) is 0 Å². The Morgan fingerprint density at radius 2 is 1.89 bits per heavy atom. The van der Waals surface area contributed by atoms with Crippen LogP contribution in [0.2, 0.25) is 5.02 Å². The summed E-state index contributed by atoms with van der Waals surface area (Å²) in [5.74, 6) is 1.59. The van der Waals surface area contributed by atoms with Crippen LogP contribution in [-0.2, 0) is 6.54 Å². The first-order valence-corrected chi connectivity index (χ1v) is 10.2. The second-order valence-corrected chi connectivity index (χ2v) is 7.31. The molecule has 2 rings (SSSR count).